The highest BCUT2D eigenvalue weighted by Crippen LogP contribution is 2.09. The summed E-state index contributed by atoms with van der Waals surface area (Å²) in [4.78, 5) is 0. The van der Waals surface area contributed by atoms with Gasteiger partial charge in [-0.05, 0) is 37.6 Å². The molecular formula is C11H18ClOP. The Morgan fingerprint density at radius 3 is 2.36 bits per heavy atom. The van der Waals surface area contributed by atoms with Crippen LogP contribution in [0.4, 0.5) is 0 Å². The summed E-state index contributed by atoms with van der Waals surface area (Å²) in [6.45, 7) is 0.842. The van der Waals surface area contributed by atoms with E-state index in [1.54, 1.807) is 0 Å². The minimum Gasteiger partial charge on any atom is -0.494 e. The number of benzene rings is 1. The molecule has 0 spiro atoms. The lowest BCUT2D eigenvalue weighted by Crippen LogP contribution is -1.96. The van der Waals surface area contributed by atoms with Gasteiger partial charge in [0.15, 0.2) is 0 Å². The van der Waals surface area contributed by atoms with Crippen molar-refractivity contribution in [3.8, 4) is 5.75 Å². The van der Waals surface area contributed by atoms with Gasteiger partial charge in [0.2, 0.25) is 0 Å². The summed E-state index contributed by atoms with van der Waals surface area (Å²) in [6.07, 6.45) is 4.90. The molecule has 0 saturated heterocycles. The lowest BCUT2D eigenvalue weighted by molar-refractivity contribution is 0.306. The number of hydrogen-bond donors (Lipinski definition) is 0. The molecule has 0 aliphatic carbocycles. The third-order valence-corrected chi connectivity index (χ3v) is 2.27. The normalized spacial score (nSPS) is 9.21. The number of hydrogen-bond acceptors (Lipinski definition) is 1. The van der Waals surface area contributed by atoms with E-state index in [0.29, 0.717) is 0 Å². The van der Waals surface area contributed by atoms with Crippen LogP contribution in [0.3, 0.4) is 0 Å². The van der Waals surface area contributed by atoms with Gasteiger partial charge in [-0.15, -0.1) is 21.6 Å². The second-order valence-electron chi connectivity index (χ2n) is 3.01. The van der Waals surface area contributed by atoms with Crippen LogP contribution in [0.2, 0.25) is 0 Å². The van der Waals surface area contributed by atoms with Gasteiger partial charge >= 0.3 is 0 Å². The van der Waals surface area contributed by atoms with E-state index in [1.807, 2.05) is 30.3 Å². The monoisotopic (exact) mass is 232 g/mol. The molecule has 0 aromatic heterocycles. The molecular weight excluding hydrogens is 215 g/mol. The predicted octanol–water partition coefficient (Wildman–Crippen LogP) is 3.53. The van der Waals surface area contributed by atoms with Crippen LogP contribution in [-0.4, -0.2) is 12.8 Å². The van der Waals surface area contributed by atoms with Crippen molar-refractivity contribution in [3.05, 3.63) is 30.3 Å². The third-order valence-electron chi connectivity index (χ3n) is 1.86. The molecule has 1 unspecified atom stereocenters. The Morgan fingerprint density at radius 1 is 1.00 bits per heavy atom. The molecule has 0 N–H and O–H groups in total. The average Bonchev–Trinajstić information content (AvgIpc) is 2.19. The molecule has 0 fully saturated rings. The minimum atomic E-state index is 0. The quantitative estimate of drug-likeness (QED) is 0.539. The van der Waals surface area contributed by atoms with Crippen LogP contribution in [0, 0.1) is 0 Å². The number of para-hydroxylation sites is 1. The maximum absolute atomic E-state index is 5.55. The molecule has 0 saturated carbocycles. The van der Waals surface area contributed by atoms with Crippen molar-refractivity contribution in [1.29, 1.82) is 0 Å². The standard InChI is InChI=1S/C11H17OP.ClH/c13-10-6-2-5-9-12-11-7-3-1-4-8-11;/h1,3-4,7-8H,2,5-6,9-10,13H2;1H. The van der Waals surface area contributed by atoms with E-state index in [2.05, 4.69) is 9.24 Å². The molecule has 1 aromatic rings. The zero-order valence-electron chi connectivity index (χ0n) is 8.32. The van der Waals surface area contributed by atoms with Crippen LogP contribution in [0.5, 0.6) is 5.75 Å². The summed E-state index contributed by atoms with van der Waals surface area (Å²) in [7, 11) is 2.75. The zero-order chi connectivity index (χ0) is 9.36. The summed E-state index contributed by atoms with van der Waals surface area (Å²) >= 11 is 0. The Hall–Kier alpha value is -0.260. The predicted molar refractivity (Wildman–Crippen MR) is 67.6 cm³/mol. The number of rotatable bonds is 6. The third kappa shape index (κ3) is 6.23. The summed E-state index contributed by atoms with van der Waals surface area (Å²) in [6, 6.07) is 9.99. The van der Waals surface area contributed by atoms with E-state index in [0.717, 1.165) is 18.8 Å². The Morgan fingerprint density at radius 2 is 1.71 bits per heavy atom. The number of unbranched alkanes of at least 4 members (excludes halogenated alkanes) is 2. The molecule has 0 radical (unpaired) electrons. The van der Waals surface area contributed by atoms with Crippen LogP contribution in [0.25, 0.3) is 0 Å². The fraction of sp³-hybridized carbons (Fsp3) is 0.455. The zero-order valence-corrected chi connectivity index (χ0v) is 10.3. The molecule has 0 heterocycles. The first-order valence-corrected chi connectivity index (χ1v) is 5.63. The van der Waals surface area contributed by atoms with Gasteiger partial charge < -0.3 is 4.74 Å². The Labute approximate surface area is 94.9 Å². The second-order valence-corrected chi connectivity index (χ2v) is 3.59. The lowest BCUT2D eigenvalue weighted by atomic mass is 10.3. The van der Waals surface area contributed by atoms with Crippen LogP contribution in [0.15, 0.2) is 30.3 Å². The molecule has 1 atom stereocenters. The van der Waals surface area contributed by atoms with Crippen molar-refractivity contribution >= 4 is 21.6 Å². The van der Waals surface area contributed by atoms with Gasteiger partial charge in [-0.2, -0.15) is 0 Å². The van der Waals surface area contributed by atoms with E-state index in [4.69, 9.17) is 4.74 Å². The summed E-state index contributed by atoms with van der Waals surface area (Å²) in [5.41, 5.74) is 0. The van der Waals surface area contributed by atoms with Crippen LogP contribution in [-0.2, 0) is 0 Å². The number of halogens is 1. The van der Waals surface area contributed by atoms with Gasteiger partial charge in [-0.1, -0.05) is 18.2 Å². The highest BCUT2D eigenvalue weighted by Gasteiger charge is 1.91. The van der Waals surface area contributed by atoms with Crippen molar-refractivity contribution in [3.63, 3.8) is 0 Å². The molecule has 14 heavy (non-hydrogen) atoms. The molecule has 0 bridgehead atoms. The maximum Gasteiger partial charge on any atom is 0.119 e. The first-order valence-electron chi connectivity index (χ1n) is 4.81. The topological polar surface area (TPSA) is 9.23 Å². The fourth-order valence-corrected chi connectivity index (χ4v) is 1.42. The van der Waals surface area contributed by atoms with Gasteiger partial charge in [-0.25, -0.2) is 0 Å². The first kappa shape index (κ1) is 13.7. The minimum absolute atomic E-state index is 0. The fourth-order valence-electron chi connectivity index (χ4n) is 1.13. The molecule has 1 nitrogen and oxygen atoms in total. The van der Waals surface area contributed by atoms with Crippen LogP contribution < -0.4 is 4.74 Å². The second kappa shape index (κ2) is 9.30. The van der Waals surface area contributed by atoms with Crippen molar-refractivity contribution in [2.45, 2.75) is 19.3 Å². The molecule has 1 aromatic carbocycles. The van der Waals surface area contributed by atoms with Crippen molar-refractivity contribution < 1.29 is 4.74 Å². The summed E-state index contributed by atoms with van der Waals surface area (Å²) in [5, 5.41) is 0. The van der Waals surface area contributed by atoms with Crippen LogP contribution >= 0.6 is 21.6 Å². The maximum atomic E-state index is 5.55. The molecule has 0 aliphatic rings. The highest BCUT2D eigenvalue weighted by atomic mass is 35.5. The van der Waals surface area contributed by atoms with Gasteiger partial charge in [0.1, 0.15) is 5.75 Å². The molecule has 0 aliphatic heterocycles. The molecule has 1 rings (SSSR count). The van der Waals surface area contributed by atoms with Gasteiger partial charge in [-0.3, -0.25) is 0 Å². The molecule has 3 heteroatoms. The van der Waals surface area contributed by atoms with E-state index >= 15 is 0 Å². The largest absolute Gasteiger partial charge is 0.494 e. The van der Waals surface area contributed by atoms with E-state index < -0.39 is 0 Å². The van der Waals surface area contributed by atoms with Crippen molar-refractivity contribution in [2.24, 2.45) is 0 Å². The van der Waals surface area contributed by atoms with E-state index in [1.165, 1.54) is 19.0 Å². The lowest BCUT2D eigenvalue weighted by Gasteiger charge is -2.04. The Bertz CT molecular complexity index is 216. The summed E-state index contributed by atoms with van der Waals surface area (Å²) in [5.74, 6) is 0.980. The Kier molecular flexibility index (Phi) is 9.13. The SMILES string of the molecule is Cl.PCCCCCOc1ccccc1. The van der Waals surface area contributed by atoms with Crippen molar-refractivity contribution in [2.75, 3.05) is 12.8 Å². The van der Waals surface area contributed by atoms with Gasteiger partial charge in [0, 0.05) is 0 Å². The van der Waals surface area contributed by atoms with E-state index in [9.17, 15) is 0 Å². The van der Waals surface area contributed by atoms with Gasteiger partial charge in [0.05, 0.1) is 6.61 Å². The molecule has 0 amide bonds. The van der Waals surface area contributed by atoms with E-state index in [-0.39, 0.29) is 12.4 Å². The van der Waals surface area contributed by atoms with Crippen molar-refractivity contribution in [1.82, 2.24) is 0 Å². The van der Waals surface area contributed by atoms with Crippen LogP contribution in [0.1, 0.15) is 19.3 Å². The average molecular weight is 233 g/mol. The first-order chi connectivity index (χ1) is 6.43. The number of ether oxygens (including phenoxy) is 1. The Balaban J connectivity index is 0.00000169. The smallest absolute Gasteiger partial charge is 0.119 e. The summed E-state index contributed by atoms with van der Waals surface area (Å²) < 4.78 is 5.55. The highest BCUT2D eigenvalue weighted by molar-refractivity contribution is 7.16. The van der Waals surface area contributed by atoms with Gasteiger partial charge in [0.25, 0.3) is 0 Å². The molecule has 80 valence electrons.